The highest BCUT2D eigenvalue weighted by Gasteiger charge is 2.32. The van der Waals surface area contributed by atoms with Crippen LogP contribution in [0, 0.1) is 5.41 Å². The molecule has 1 rings (SSSR count). The van der Waals surface area contributed by atoms with Crippen molar-refractivity contribution in [1.82, 2.24) is 5.32 Å². The summed E-state index contributed by atoms with van der Waals surface area (Å²) in [6, 6.07) is 3.13. The smallest absolute Gasteiger partial charge is 0.326 e. The topological polar surface area (TPSA) is 66.4 Å². The molecule has 0 bridgehead atoms. The van der Waals surface area contributed by atoms with E-state index in [0.29, 0.717) is 0 Å². The number of hydrogen-bond donors (Lipinski definition) is 2. The molecule has 0 saturated heterocycles. The summed E-state index contributed by atoms with van der Waals surface area (Å²) >= 11 is 3.14. The summed E-state index contributed by atoms with van der Waals surface area (Å²) in [4.78, 5) is 24.1. The maximum atomic E-state index is 11.7. The van der Waals surface area contributed by atoms with Crippen LogP contribution >= 0.6 is 23.1 Å². The maximum absolute atomic E-state index is 11.7. The molecule has 0 fully saturated rings. The Hall–Kier alpha value is -1.01. The number of aliphatic carboxylic acids is 1. The van der Waals surface area contributed by atoms with E-state index in [0.717, 1.165) is 5.75 Å². The quantitative estimate of drug-likeness (QED) is 0.847. The van der Waals surface area contributed by atoms with Crippen LogP contribution < -0.4 is 5.32 Å². The fourth-order valence-corrected chi connectivity index (χ4v) is 3.17. The van der Waals surface area contributed by atoms with Crippen molar-refractivity contribution in [1.29, 1.82) is 0 Å². The predicted octanol–water partition coefficient (Wildman–Crippen LogP) is 2.60. The zero-order chi connectivity index (χ0) is 14.5. The Bertz CT molecular complexity index is 424. The standard InChI is InChI=1S/C13H19NO3S2/c1-13(2,3)11(12(16)17)14-10(15)8-18-7-9-5-4-6-19-9/h4-6,11H,7-8H2,1-3H3,(H,14,15)(H,16,17)/t11-/m0/s1. The van der Waals surface area contributed by atoms with Crippen LogP contribution in [-0.4, -0.2) is 28.8 Å². The van der Waals surface area contributed by atoms with E-state index >= 15 is 0 Å². The van der Waals surface area contributed by atoms with Crippen LogP contribution in [0.5, 0.6) is 0 Å². The van der Waals surface area contributed by atoms with Crippen molar-refractivity contribution in [2.75, 3.05) is 5.75 Å². The van der Waals surface area contributed by atoms with E-state index < -0.39 is 17.4 Å². The maximum Gasteiger partial charge on any atom is 0.326 e. The summed E-state index contributed by atoms with van der Waals surface area (Å²) < 4.78 is 0. The normalized spacial score (nSPS) is 13.0. The predicted molar refractivity (Wildman–Crippen MR) is 79.5 cm³/mol. The second-order valence-electron chi connectivity index (χ2n) is 5.28. The van der Waals surface area contributed by atoms with Gasteiger partial charge in [-0.25, -0.2) is 4.79 Å². The minimum Gasteiger partial charge on any atom is -0.480 e. The van der Waals surface area contributed by atoms with Gasteiger partial charge in [-0.15, -0.1) is 23.1 Å². The molecule has 0 aliphatic rings. The molecule has 1 atom stereocenters. The lowest BCUT2D eigenvalue weighted by Crippen LogP contribution is -2.49. The van der Waals surface area contributed by atoms with Crippen molar-refractivity contribution < 1.29 is 14.7 Å². The van der Waals surface area contributed by atoms with E-state index in [-0.39, 0.29) is 11.7 Å². The monoisotopic (exact) mass is 301 g/mol. The number of nitrogens with one attached hydrogen (secondary N) is 1. The number of thioether (sulfide) groups is 1. The molecule has 0 aliphatic carbocycles. The lowest BCUT2D eigenvalue weighted by molar-refractivity contribution is -0.144. The van der Waals surface area contributed by atoms with E-state index in [1.54, 1.807) is 32.1 Å². The van der Waals surface area contributed by atoms with Gasteiger partial charge in [-0.05, 0) is 16.9 Å². The summed E-state index contributed by atoms with van der Waals surface area (Å²) in [6.45, 7) is 5.39. The number of thiophene rings is 1. The number of carbonyl (C=O) groups excluding carboxylic acids is 1. The van der Waals surface area contributed by atoms with Gasteiger partial charge in [-0.3, -0.25) is 4.79 Å². The van der Waals surface area contributed by atoms with E-state index in [4.69, 9.17) is 5.11 Å². The highest BCUT2D eigenvalue weighted by molar-refractivity contribution is 7.99. The third-order valence-electron chi connectivity index (χ3n) is 2.48. The average molecular weight is 301 g/mol. The first kappa shape index (κ1) is 16.0. The van der Waals surface area contributed by atoms with Crippen LogP contribution in [0.15, 0.2) is 17.5 Å². The molecule has 106 valence electrons. The van der Waals surface area contributed by atoms with Gasteiger partial charge in [0.25, 0.3) is 0 Å². The van der Waals surface area contributed by atoms with Crippen molar-refractivity contribution in [3.05, 3.63) is 22.4 Å². The molecular weight excluding hydrogens is 282 g/mol. The largest absolute Gasteiger partial charge is 0.480 e. The number of carbonyl (C=O) groups is 2. The first-order valence-corrected chi connectivity index (χ1v) is 7.96. The molecule has 1 heterocycles. The second-order valence-corrected chi connectivity index (χ2v) is 7.29. The molecule has 19 heavy (non-hydrogen) atoms. The van der Waals surface area contributed by atoms with E-state index in [1.807, 2.05) is 17.5 Å². The highest BCUT2D eigenvalue weighted by Crippen LogP contribution is 2.20. The van der Waals surface area contributed by atoms with E-state index in [2.05, 4.69) is 5.32 Å². The van der Waals surface area contributed by atoms with Crippen molar-refractivity contribution in [2.24, 2.45) is 5.41 Å². The molecule has 0 radical (unpaired) electrons. The number of amides is 1. The van der Waals surface area contributed by atoms with Gasteiger partial charge in [0.2, 0.25) is 5.91 Å². The van der Waals surface area contributed by atoms with E-state index in [9.17, 15) is 9.59 Å². The molecule has 1 aromatic rings. The molecule has 0 aliphatic heterocycles. The molecule has 1 aromatic heterocycles. The Kier molecular flexibility index (Phi) is 5.87. The molecular formula is C13H19NO3S2. The van der Waals surface area contributed by atoms with Crippen molar-refractivity contribution in [3.63, 3.8) is 0 Å². The fourth-order valence-electron chi connectivity index (χ4n) is 1.49. The highest BCUT2D eigenvalue weighted by atomic mass is 32.2. The summed E-state index contributed by atoms with van der Waals surface area (Å²) in [5, 5.41) is 13.7. The van der Waals surface area contributed by atoms with Gasteiger partial charge in [0, 0.05) is 10.6 Å². The Labute approximate surface area is 121 Å². The van der Waals surface area contributed by atoms with Crippen molar-refractivity contribution in [3.8, 4) is 0 Å². The number of rotatable bonds is 6. The minimum absolute atomic E-state index is 0.233. The van der Waals surface area contributed by atoms with Gasteiger partial charge in [0.15, 0.2) is 0 Å². The Morgan fingerprint density at radius 1 is 1.47 bits per heavy atom. The lowest BCUT2D eigenvalue weighted by atomic mass is 9.87. The van der Waals surface area contributed by atoms with Gasteiger partial charge in [-0.1, -0.05) is 26.8 Å². The zero-order valence-corrected chi connectivity index (χ0v) is 12.9. The van der Waals surface area contributed by atoms with Crippen molar-refractivity contribution in [2.45, 2.75) is 32.6 Å². The van der Waals surface area contributed by atoms with Crippen LogP contribution in [0.4, 0.5) is 0 Å². The van der Waals surface area contributed by atoms with Crippen LogP contribution in [0.1, 0.15) is 25.6 Å². The summed E-state index contributed by atoms with van der Waals surface area (Å²) in [7, 11) is 0. The van der Waals surface area contributed by atoms with Crippen LogP contribution in [-0.2, 0) is 15.3 Å². The SMILES string of the molecule is CC(C)(C)[C@@H](NC(=O)CSCc1cccs1)C(=O)O. The number of carboxylic acids is 1. The molecule has 2 N–H and O–H groups in total. The summed E-state index contributed by atoms with van der Waals surface area (Å²) in [5.74, 6) is -0.177. The van der Waals surface area contributed by atoms with Crippen LogP contribution in [0.25, 0.3) is 0 Å². The number of carboxylic acid groups (broad SMARTS) is 1. The zero-order valence-electron chi connectivity index (χ0n) is 11.3. The van der Waals surface area contributed by atoms with Gasteiger partial charge < -0.3 is 10.4 Å². The number of hydrogen-bond acceptors (Lipinski definition) is 4. The minimum atomic E-state index is -0.996. The first-order chi connectivity index (χ1) is 8.80. The Balaban J connectivity index is 2.39. The van der Waals surface area contributed by atoms with Crippen molar-refractivity contribution >= 4 is 35.0 Å². The third kappa shape index (κ3) is 5.65. The average Bonchev–Trinajstić information content (AvgIpc) is 2.77. The Morgan fingerprint density at radius 3 is 2.63 bits per heavy atom. The molecule has 6 heteroatoms. The molecule has 0 unspecified atom stereocenters. The first-order valence-electron chi connectivity index (χ1n) is 5.93. The molecule has 0 saturated carbocycles. The molecule has 4 nitrogen and oxygen atoms in total. The third-order valence-corrected chi connectivity index (χ3v) is 4.52. The van der Waals surface area contributed by atoms with Crippen LogP contribution in [0.3, 0.4) is 0 Å². The van der Waals surface area contributed by atoms with Crippen LogP contribution in [0.2, 0.25) is 0 Å². The second kappa shape index (κ2) is 6.96. The summed E-state index contributed by atoms with van der Waals surface area (Å²) in [6.07, 6.45) is 0. The van der Waals surface area contributed by atoms with E-state index in [1.165, 1.54) is 16.6 Å². The Morgan fingerprint density at radius 2 is 2.16 bits per heavy atom. The molecule has 0 aromatic carbocycles. The lowest BCUT2D eigenvalue weighted by Gasteiger charge is -2.27. The van der Waals surface area contributed by atoms with Gasteiger partial charge in [-0.2, -0.15) is 0 Å². The van der Waals surface area contributed by atoms with Gasteiger partial charge in [0.1, 0.15) is 6.04 Å². The molecule has 0 spiro atoms. The summed E-state index contributed by atoms with van der Waals surface area (Å²) in [5.41, 5.74) is -0.500. The van der Waals surface area contributed by atoms with Gasteiger partial charge in [0.05, 0.1) is 5.75 Å². The molecule has 1 amide bonds. The van der Waals surface area contributed by atoms with Gasteiger partial charge >= 0.3 is 5.97 Å². The fraction of sp³-hybridized carbons (Fsp3) is 0.538.